The van der Waals surface area contributed by atoms with Crippen molar-refractivity contribution < 1.29 is 0 Å². The van der Waals surface area contributed by atoms with E-state index in [4.69, 9.17) is 11.6 Å². The van der Waals surface area contributed by atoms with Crippen LogP contribution in [0.4, 0.5) is 5.69 Å². The van der Waals surface area contributed by atoms with Crippen molar-refractivity contribution in [2.45, 2.75) is 59.0 Å². The third-order valence-corrected chi connectivity index (χ3v) is 4.64. The van der Waals surface area contributed by atoms with Gasteiger partial charge in [0.25, 0.3) is 0 Å². The van der Waals surface area contributed by atoms with E-state index in [0.29, 0.717) is 6.04 Å². The monoisotopic (exact) mass is 308 g/mol. The molecule has 1 heterocycles. The van der Waals surface area contributed by atoms with Crippen molar-refractivity contribution in [1.29, 1.82) is 0 Å². The van der Waals surface area contributed by atoms with E-state index >= 15 is 0 Å². The summed E-state index contributed by atoms with van der Waals surface area (Å²) < 4.78 is 0. The van der Waals surface area contributed by atoms with E-state index < -0.39 is 0 Å². The highest BCUT2D eigenvalue weighted by molar-refractivity contribution is 6.30. The van der Waals surface area contributed by atoms with Gasteiger partial charge in [-0.3, -0.25) is 0 Å². The van der Waals surface area contributed by atoms with Crippen LogP contribution in [0.2, 0.25) is 5.02 Å². The lowest BCUT2D eigenvalue weighted by Gasteiger charge is -2.35. The first-order valence-electron chi connectivity index (χ1n) is 8.37. The van der Waals surface area contributed by atoms with Gasteiger partial charge in [0.05, 0.1) is 0 Å². The second kappa shape index (κ2) is 8.05. The minimum absolute atomic E-state index is 0.504. The average Bonchev–Trinajstić information content (AvgIpc) is 2.47. The van der Waals surface area contributed by atoms with Gasteiger partial charge in [0.15, 0.2) is 0 Å². The molecule has 1 aromatic rings. The van der Waals surface area contributed by atoms with Crippen LogP contribution < -0.4 is 10.2 Å². The number of rotatable bonds is 6. The first kappa shape index (κ1) is 16.6. The highest BCUT2D eigenvalue weighted by atomic mass is 35.5. The van der Waals surface area contributed by atoms with E-state index in [9.17, 15) is 0 Å². The van der Waals surface area contributed by atoms with Crippen molar-refractivity contribution in [3.63, 3.8) is 0 Å². The van der Waals surface area contributed by atoms with Crippen molar-refractivity contribution in [1.82, 2.24) is 5.32 Å². The molecule has 3 heteroatoms. The van der Waals surface area contributed by atoms with E-state index in [1.807, 2.05) is 6.07 Å². The van der Waals surface area contributed by atoms with Crippen LogP contribution in [-0.2, 0) is 6.54 Å². The Morgan fingerprint density at radius 3 is 2.62 bits per heavy atom. The van der Waals surface area contributed by atoms with Gasteiger partial charge in [-0.1, -0.05) is 51.3 Å². The van der Waals surface area contributed by atoms with E-state index in [1.165, 1.54) is 50.0 Å². The van der Waals surface area contributed by atoms with Crippen molar-refractivity contribution in [3.8, 4) is 0 Å². The SMILES string of the molecule is CCCC1CCN(c2cc(Cl)ccc2CNC(C)C)CC1. The Kier molecular flexibility index (Phi) is 6.38. The maximum absolute atomic E-state index is 6.23. The Hall–Kier alpha value is -0.730. The van der Waals surface area contributed by atoms with Gasteiger partial charge in [0, 0.05) is 36.4 Å². The third kappa shape index (κ3) is 4.89. The number of halogens is 1. The normalized spacial score (nSPS) is 16.7. The van der Waals surface area contributed by atoms with E-state index in [0.717, 1.165) is 17.5 Å². The van der Waals surface area contributed by atoms with Crippen molar-refractivity contribution in [2.75, 3.05) is 18.0 Å². The summed E-state index contributed by atoms with van der Waals surface area (Å²) in [4.78, 5) is 2.52. The second-order valence-corrected chi connectivity index (χ2v) is 6.96. The molecule has 1 aromatic carbocycles. The van der Waals surface area contributed by atoms with E-state index in [2.05, 4.69) is 43.1 Å². The lowest BCUT2D eigenvalue weighted by molar-refractivity contribution is 0.378. The smallest absolute Gasteiger partial charge is 0.0426 e. The zero-order valence-corrected chi connectivity index (χ0v) is 14.4. The summed E-state index contributed by atoms with van der Waals surface area (Å²) in [6.07, 6.45) is 5.32. The molecular weight excluding hydrogens is 280 g/mol. The molecule has 1 aliphatic heterocycles. The summed E-state index contributed by atoms with van der Waals surface area (Å²) in [5.74, 6) is 0.919. The molecular formula is C18H29ClN2. The molecule has 0 saturated carbocycles. The molecule has 118 valence electrons. The van der Waals surface area contributed by atoms with Crippen LogP contribution in [-0.4, -0.2) is 19.1 Å². The Balaban J connectivity index is 2.06. The van der Waals surface area contributed by atoms with Crippen LogP contribution in [0.15, 0.2) is 18.2 Å². The summed E-state index contributed by atoms with van der Waals surface area (Å²) in [6.45, 7) is 9.91. The fourth-order valence-electron chi connectivity index (χ4n) is 3.17. The summed E-state index contributed by atoms with van der Waals surface area (Å²) in [5.41, 5.74) is 2.69. The highest BCUT2D eigenvalue weighted by Gasteiger charge is 2.20. The molecule has 0 bridgehead atoms. The molecule has 0 unspecified atom stereocenters. The van der Waals surface area contributed by atoms with E-state index in [-0.39, 0.29) is 0 Å². The molecule has 1 saturated heterocycles. The summed E-state index contributed by atoms with van der Waals surface area (Å²) >= 11 is 6.23. The molecule has 0 radical (unpaired) electrons. The van der Waals surface area contributed by atoms with Crippen LogP contribution >= 0.6 is 11.6 Å². The topological polar surface area (TPSA) is 15.3 Å². The van der Waals surface area contributed by atoms with Gasteiger partial charge in [0.2, 0.25) is 0 Å². The minimum Gasteiger partial charge on any atom is -0.371 e. The van der Waals surface area contributed by atoms with E-state index in [1.54, 1.807) is 0 Å². The molecule has 0 amide bonds. The number of hydrogen-bond donors (Lipinski definition) is 1. The molecule has 1 N–H and O–H groups in total. The van der Waals surface area contributed by atoms with Gasteiger partial charge in [-0.15, -0.1) is 0 Å². The fourth-order valence-corrected chi connectivity index (χ4v) is 3.33. The predicted octanol–water partition coefficient (Wildman–Crippen LogP) is 4.85. The predicted molar refractivity (Wildman–Crippen MR) is 93.3 cm³/mol. The zero-order chi connectivity index (χ0) is 15.2. The van der Waals surface area contributed by atoms with Crippen molar-refractivity contribution in [2.24, 2.45) is 5.92 Å². The van der Waals surface area contributed by atoms with Crippen LogP contribution in [0, 0.1) is 5.92 Å². The molecule has 2 rings (SSSR count). The molecule has 2 nitrogen and oxygen atoms in total. The molecule has 0 aromatic heterocycles. The highest BCUT2D eigenvalue weighted by Crippen LogP contribution is 2.30. The Morgan fingerprint density at radius 2 is 2.00 bits per heavy atom. The lowest BCUT2D eigenvalue weighted by Crippen LogP contribution is -2.35. The van der Waals surface area contributed by atoms with Crippen LogP contribution in [0.25, 0.3) is 0 Å². The summed E-state index contributed by atoms with van der Waals surface area (Å²) in [7, 11) is 0. The summed E-state index contributed by atoms with van der Waals surface area (Å²) in [6, 6.07) is 6.82. The number of anilines is 1. The maximum atomic E-state index is 6.23. The number of hydrogen-bond acceptors (Lipinski definition) is 2. The first-order chi connectivity index (χ1) is 10.1. The Morgan fingerprint density at radius 1 is 1.29 bits per heavy atom. The van der Waals surface area contributed by atoms with Gasteiger partial charge in [-0.2, -0.15) is 0 Å². The van der Waals surface area contributed by atoms with Crippen LogP contribution in [0.1, 0.15) is 52.0 Å². The Bertz CT molecular complexity index is 437. The second-order valence-electron chi connectivity index (χ2n) is 6.53. The quantitative estimate of drug-likeness (QED) is 0.807. The number of benzene rings is 1. The van der Waals surface area contributed by atoms with Crippen LogP contribution in [0.5, 0.6) is 0 Å². The molecule has 1 aliphatic rings. The van der Waals surface area contributed by atoms with Crippen molar-refractivity contribution in [3.05, 3.63) is 28.8 Å². The third-order valence-electron chi connectivity index (χ3n) is 4.40. The van der Waals surface area contributed by atoms with Gasteiger partial charge < -0.3 is 10.2 Å². The van der Waals surface area contributed by atoms with Crippen molar-refractivity contribution >= 4 is 17.3 Å². The average molecular weight is 309 g/mol. The largest absolute Gasteiger partial charge is 0.371 e. The molecule has 0 atom stereocenters. The first-order valence-corrected chi connectivity index (χ1v) is 8.74. The van der Waals surface area contributed by atoms with Crippen LogP contribution in [0.3, 0.4) is 0 Å². The lowest BCUT2D eigenvalue weighted by atomic mass is 9.92. The Labute approximate surface area is 134 Å². The van der Waals surface area contributed by atoms with Gasteiger partial charge in [-0.25, -0.2) is 0 Å². The molecule has 1 fully saturated rings. The molecule has 0 aliphatic carbocycles. The number of nitrogens with one attached hydrogen (secondary N) is 1. The van der Waals surface area contributed by atoms with Gasteiger partial charge >= 0.3 is 0 Å². The standard InChI is InChI=1S/C18H29ClN2/c1-4-5-15-8-10-21(11-9-15)18-12-17(19)7-6-16(18)13-20-14(2)3/h6-7,12,14-15,20H,4-5,8-11,13H2,1-3H3. The number of nitrogens with zero attached hydrogens (tertiary/aromatic N) is 1. The molecule has 0 spiro atoms. The van der Waals surface area contributed by atoms with Gasteiger partial charge in [-0.05, 0) is 36.5 Å². The fraction of sp³-hybridized carbons (Fsp3) is 0.667. The minimum atomic E-state index is 0.504. The zero-order valence-electron chi connectivity index (χ0n) is 13.7. The maximum Gasteiger partial charge on any atom is 0.0426 e. The number of piperidine rings is 1. The summed E-state index contributed by atoms with van der Waals surface area (Å²) in [5, 5.41) is 4.36. The molecule has 21 heavy (non-hydrogen) atoms. The van der Waals surface area contributed by atoms with Gasteiger partial charge in [0.1, 0.15) is 0 Å².